The molecule has 0 fully saturated rings. The van der Waals surface area contributed by atoms with Crippen molar-refractivity contribution in [2.45, 2.75) is 13.5 Å². The molecule has 1 N–H and O–H groups in total. The highest BCUT2D eigenvalue weighted by atomic mass is 19.1. The standard InChI is InChI=1S/C19H21FN2O3/c1-13-8-9-14(19(24)25-3)10-17(13)21-18(23)12-22(2)11-15-6-4-5-7-16(15)20/h4-10H,11-12H2,1-3H3,(H,21,23). The third kappa shape index (κ3) is 5.12. The van der Waals surface area contributed by atoms with Gasteiger partial charge in [-0.25, -0.2) is 9.18 Å². The predicted octanol–water partition coefficient (Wildman–Crippen LogP) is 2.99. The first-order valence-electron chi connectivity index (χ1n) is 7.81. The number of methoxy groups -OCH3 is 1. The van der Waals surface area contributed by atoms with Crippen LogP contribution in [0.25, 0.3) is 0 Å². The van der Waals surface area contributed by atoms with Crippen LogP contribution in [0.3, 0.4) is 0 Å². The van der Waals surface area contributed by atoms with Gasteiger partial charge in [0.1, 0.15) is 5.82 Å². The van der Waals surface area contributed by atoms with Crippen LogP contribution in [-0.2, 0) is 16.1 Å². The van der Waals surface area contributed by atoms with Gasteiger partial charge in [0.25, 0.3) is 0 Å². The maximum absolute atomic E-state index is 13.7. The zero-order chi connectivity index (χ0) is 18.4. The summed E-state index contributed by atoms with van der Waals surface area (Å²) in [7, 11) is 3.04. The molecule has 6 heteroatoms. The number of carbonyl (C=O) groups is 2. The monoisotopic (exact) mass is 344 g/mol. The van der Waals surface area contributed by atoms with E-state index in [1.54, 1.807) is 48.3 Å². The lowest BCUT2D eigenvalue weighted by atomic mass is 10.1. The van der Waals surface area contributed by atoms with Crippen molar-refractivity contribution in [1.29, 1.82) is 0 Å². The van der Waals surface area contributed by atoms with Crippen molar-refractivity contribution in [3.8, 4) is 0 Å². The van der Waals surface area contributed by atoms with Gasteiger partial charge in [0, 0.05) is 17.8 Å². The number of ether oxygens (including phenoxy) is 1. The van der Waals surface area contributed by atoms with E-state index in [9.17, 15) is 14.0 Å². The fraction of sp³-hybridized carbons (Fsp3) is 0.263. The van der Waals surface area contributed by atoms with Crippen LogP contribution in [0.5, 0.6) is 0 Å². The number of benzene rings is 2. The highest BCUT2D eigenvalue weighted by Crippen LogP contribution is 2.18. The molecule has 0 aromatic heterocycles. The molecule has 0 radical (unpaired) electrons. The minimum atomic E-state index is -0.466. The van der Waals surface area contributed by atoms with E-state index in [1.807, 2.05) is 6.92 Å². The summed E-state index contributed by atoms with van der Waals surface area (Å²) in [6, 6.07) is 11.4. The van der Waals surface area contributed by atoms with Crippen LogP contribution in [0.1, 0.15) is 21.5 Å². The van der Waals surface area contributed by atoms with Crippen LogP contribution in [-0.4, -0.2) is 37.5 Å². The van der Waals surface area contributed by atoms with Crippen LogP contribution in [0.2, 0.25) is 0 Å². The van der Waals surface area contributed by atoms with E-state index in [4.69, 9.17) is 0 Å². The average molecular weight is 344 g/mol. The molecular weight excluding hydrogens is 323 g/mol. The van der Waals surface area contributed by atoms with Gasteiger partial charge < -0.3 is 10.1 Å². The molecule has 5 nitrogen and oxygen atoms in total. The van der Waals surface area contributed by atoms with Crippen LogP contribution >= 0.6 is 0 Å². The Labute approximate surface area is 146 Å². The van der Waals surface area contributed by atoms with Crippen LogP contribution in [0.15, 0.2) is 42.5 Å². The molecule has 0 saturated carbocycles. The van der Waals surface area contributed by atoms with Gasteiger partial charge in [-0.1, -0.05) is 24.3 Å². The quantitative estimate of drug-likeness (QED) is 0.819. The summed E-state index contributed by atoms with van der Waals surface area (Å²) in [4.78, 5) is 25.6. The summed E-state index contributed by atoms with van der Waals surface area (Å²) in [6.07, 6.45) is 0. The van der Waals surface area contributed by atoms with E-state index in [0.29, 0.717) is 23.4 Å². The first-order valence-corrected chi connectivity index (χ1v) is 7.81. The van der Waals surface area contributed by atoms with Gasteiger partial charge in [0.15, 0.2) is 0 Å². The zero-order valence-electron chi connectivity index (χ0n) is 14.5. The Morgan fingerprint density at radius 2 is 1.92 bits per heavy atom. The normalized spacial score (nSPS) is 10.6. The zero-order valence-corrected chi connectivity index (χ0v) is 14.5. The minimum absolute atomic E-state index is 0.0935. The Morgan fingerprint density at radius 3 is 2.60 bits per heavy atom. The van der Waals surface area contributed by atoms with E-state index >= 15 is 0 Å². The molecule has 2 rings (SSSR count). The van der Waals surface area contributed by atoms with Gasteiger partial charge in [-0.3, -0.25) is 9.69 Å². The molecule has 2 aromatic rings. The van der Waals surface area contributed by atoms with E-state index in [-0.39, 0.29) is 18.3 Å². The molecule has 0 atom stereocenters. The Hall–Kier alpha value is -2.73. The van der Waals surface area contributed by atoms with Crippen LogP contribution in [0, 0.1) is 12.7 Å². The number of esters is 1. The van der Waals surface area contributed by atoms with Gasteiger partial charge in [-0.2, -0.15) is 0 Å². The maximum Gasteiger partial charge on any atom is 0.337 e. The number of rotatable bonds is 6. The van der Waals surface area contributed by atoms with E-state index in [2.05, 4.69) is 10.1 Å². The molecule has 132 valence electrons. The van der Waals surface area contributed by atoms with Crippen molar-refractivity contribution in [3.63, 3.8) is 0 Å². The first kappa shape index (κ1) is 18.6. The smallest absolute Gasteiger partial charge is 0.337 e. The van der Waals surface area contributed by atoms with Gasteiger partial charge in [-0.05, 0) is 37.7 Å². The Bertz CT molecular complexity index is 777. The molecule has 2 aromatic carbocycles. The highest BCUT2D eigenvalue weighted by molar-refractivity contribution is 5.96. The van der Waals surface area contributed by atoms with E-state index < -0.39 is 5.97 Å². The van der Waals surface area contributed by atoms with Crippen molar-refractivity contribution < 1.29 is 18.7 Å². The van der Waals surface area contributed by atoms with Crippen molar-refractivity contribution >= 4 is 17.6 Å². The summed E-state index contributed by atoms with van der Waals surface area (Å²) in [6.45, 7) is 2.25. The second-order valence-electron chi connectivity index (χ2n) is 5.83. The number of nitrogens with one attached hydrogen (secondary N) is 1. The van der Waals surface area contributed by atoms with Crippen LogP contribution in [0.4, 0.5) is 10.1 Å². The third-order valence-electron chi connectivity index (χ3n) is 3.74. The molecular formula is C19H21FN2O3. The van der Waals surface area contributed by atoms with Crippen molar-refractivity contribution in [2.24, 2.45) is 0 Å². The molecule has 0 heterocycles. The largest absolute Gasteiger partial charge is 0.465 e. The summed E-state index contributed by atoms with van der Waals surface area (Å²) in [5.41, 5.74) is 2.27. The Kier molecular flexibility index (Phi) is 6.25. The predicted molar refractivity (Wildman–Crippen MR) is 93.9 cm³/mol. The number of carbonyl (C=O) groups excluding carboxylic acids is 2. The Morgan fingerprint density at radius 1 is 1.20 bits per heavy atom. The fourth-order valence-electron chi connectivity index (χ4n) is 2.41. The van der Waals surface area contributed by atoms with Gasteiger partial charge in [-0.15, -0.1) is 0 Å². The van der Waals surface area contributed by atoms with Gasteiger partial charge in [0.05, 0.1) is 19.2 Å². The number of amides is 1. The highest BCUT2D eigenvalue weighted by Gasteiger charge is 2.13. The van der Waals surface area contributed by atoms with E-state index in [0.717, 1.165) is 5.56 Å². The molecule has 0 aliphatic heterocycles. The lowest BCUT2D eigenvalue weighted by Crippen LogP contribution is -2.30. The number of nitrogens with zero attached hydrogens (tertiary/aromatic N) is 1. The van der Waals surface area contributed by atoms with Gasteiger partial charge >= 0.3 is 5.97 Å². The number of likely N-dealkylation sites (N-methyl/N-ethyl adjacent to an activating group) is 1. The molecule has 0 aliphatic rings. The molecule has 0 unspecified atom stereocenters. The molecule has 0 spiro atoms. The first-order chi connectivity index (χ1) is 11.9. The van der Waals surface area contributed by atoms with E-state index in [1.165, 1.54) is 13.2 Å². The molecule has 0 aliphatic carbocycles. The van der Waals surface area contributed by atoms with Crippen molar-refractivity contribution in [1.82, 2.24) is 4.90 Å². The number of halogens is 1. The third-order valence-corrected chi connectivity index (χ3v) is 3.74. The Balaban J connectivity index is 2.00. The van der Waals surface area contributed by atoms with Crippen molar-refractivity contribution in [3.05, 3.63) is 65.0 Å². The molecule has 1 amide bonds. The molecule has 0 bridgehead atoms. The topological polar surface area (TPSA) is 58.6 Å². The number of hydrogen-bond acceptors (Lipinski definition) is 4. The van der Waals surface area contributed by atoms with Crippen molar-refractivity contribution in [2.75, 3.05) is 26.0 Å². The lowest BCUT2D eigenvalue weighted by molar-refractivity contribution is -0.117. The maximum atomic E-state index is 13.7. The molecule has 25 heavy (non-hydrogen) atoms. The summed E-state index contributed by atoms with van der Waals surface area (Å²) >= 11 is 0. The number of aryl methyl sites for hydroxylation is 1. The second-order valence-corrected chi connectivity index (χ2v) is 5.83. The SMILES string of the molecule is COC(=O)c1ccc(C)c(NC(=O)CN(C)Cc2ccccc2F)c1. The van der Waals surface area contributed by atoms with Crippen LogP contribution < -0.4 is 5.32 Å². The summed E-state index contributed by atoms with van der Waals surface area (Å²) in [5, 5.41) is 2.78. The fourth-order valence-corrected chi connectivity index (χ4v) is 2.41. The average Bonchev–Trinajstić information content (AvgIpc) is 2.58. The lowest BCUT2D eigenvalue weighted by Gasteiger charge is -2.17. The summed E-state index contributed by atoms with van der Waals surface area (Å²) < 4.78 is 18.4. The summed E-state index contributed by atoms with van der Waals surface area (Å²) in [5.74, 6) is -1.01. The number of anilines is 1. The number of hydrogen-bond donors (Lipinski definition) is 1. The minimum Gasteiger partial charge on any atom is -0.465 e. The second kappa shape index (κ2) is 8.39. The molecule has 0 saturated heterocycles. The van der Waals surface area contributed by atoms with Gasteiger partial charge in [0.2, 0.25) is 5.91 Å².